The largest absolute Gasteiger partial charge is 0.457 e. The normalized spacial score (nSPS) is 14.9. The van der Waals surface area contributed by atoms with Crippen molar-refractivity contribution in [3.63, 3.8) is 0 Å². The second-order valence-electron chi connectivity index (χ2n) is 6.27. The Labute approximate surface area is 142 Å². The monoisotopic (exact) mass is 331 g/mol. The number of nitrogens with one attached hydrogen (secondary N) is 1. The van der Waals surface area contributed by atoms with Crippen LogP contribution in [-0.4, -0.2) is 24.3 Å². The van der Waals surface area contributed by atoms with Gasteiger partial charge in [-0.2, -0.15) is 0 Å². The third kappa shape index (κ3) is 5.80. The van der Waals surface area contributed by atoms with E-state index in [1.165, 1.54) is 19.3 Å². The number of hydrogen-bond donors (Lipinski definition) is 1. The topological polar surface area (TPSA) is 72.5 Å². The second-order valence-corrected chi connectivity index (χ2v) is 6.27. The van der Waals surface area contributed by atoms with Crippen molar-refractivity contribution in [2.45, 2.75) is 51.9 Å². The summed E-state index contributed by atoms with van der Waals surface area (Å²) in [7, 11) is 0. The predicted molar refractivity (Wildman–Crippen MR) is 91.8 cm³/mol. The van der Waals surface area contributed by atoms with Crippen molar-refractivity contribution in [3.05, 3.63) is 29.8 Å². The third-order valence-corrected chi connectivity index (χ3v) is 4.36. The molecule has 1 fully saturated rings. The maximum absolute atomic E-state index is 12.1. The quantitative estimate of drug-likeness (QED) is 0.610. The second kappa shape index (κ2) is 9.21. The van der Waals surface area contributed by atoms with Crippen molar-refractivity contribution < 1.29 is 19.1 Å². The van der Waals surface area contributed by atoms with Gasteiger partial charge in [-0.15, -0.1) is 0 Å². The van der Waals surface area contributed by atoms with Gasteiger partial charge in [0.1, 0.15) is 0 Å². The molecule has 1 aliphatic carbocycles. The number of esters is 1. The molecule has 1 N–H and O–H groups in total. The zero-order valence-corrected chi connectivity index (χ0v) is 14.2. The molecule has 0 aromatic heterocycles. The SMILES string of the molecule is CCC(=O)Nc1ccc(C(=O)COC(=O)CC2CCCCC2)cc1. The lowest BCUT2D eigenvalue weighted by molar-refractivity contribution is -0.143. The minimum absolute atomic E-state index is 0.0780. The smallest absolute Gasteiger partial charge is 0.306 e. The molecule has 0 spiro atoms. The first-order chi connectivity index (χ1) is 11.6. The van der Waals surface area contributed by atoms with Crippen LogP contribution in [0.3, 0.4) is 0 Å². The first-order valence-electron chi connectivity index (χ1n) is 8.67. The van der Waals surface area contributed by atoms with E-state index in [0.29, 0.717) is 30.0 Å². The van der Waals surface area contributed by atoms with Gasteiger partial charge in [-0.1, -0.05) is 26.2 Å². The molecule has 5 heteroatoms. The molecule has 2 rings (SSSR count). The van der Waals surface area contributed by atoms with E-state index in [-0.39, 0.29) is 24.3 Å². The summed E-state index contributed by atoms with van der Waals surface area (Å²) in [5, 5.41) is 2.72. The predicted octanol–water partition coefficient (Wildman–Crippen LogP) is 3.73. The van der Waals surface area contributed by atoms with Crippen molar-refractivity contribution in [1.29, 1.82) is 0 Å². The Hall–Kier alpha value is -2.17. The lowest BCUT2D eigenvalue weighted by Crippen LogP contribution is -2.18. The van der Waals surface area contributed by atoms with E-state index in [1.807, 2.05) is 0 Å². The summed E-state index contributed by atoms with van der Waals surface area (Å²) < 4.78 is 5.11. The molecule has 5 nitrogen and oxygen atoms in total. The first kappa shape index (κ1) is 18.2. The van der Waals surface area contributed by atoms with Crippen LogP contribution >= 0.6 is 0 Å². The Kier molecular flexibility index (Phi) is 6.97. The number of rotatable bonds is 7. The van der Waals surface area contributed by atoms with Crippen molar-refractivity contribution >= 4 is 23.3 Å². The number of ether oxygens (including phenoxy) is 1. The Morgan fingerprint density at radius 1 is 1.08 bits per heavy atom. The van der Waals surface area contributed by atoms with E-state index in [9.17, 15) is 14.4 Å². The van der Waals surface area contributed by atoms with Crippen molar-refractivity contribution in [2.75, 3.05) is 11.9 Å². The maximum Gasteiger partial charge on any atom is 0.306 e. The molecule has 130 valence electrons. The number of anilines is 1. The molecule has 24 heavy (non-hydrogen) atoms. The van der Waals surface area contributed by atoms with E-state index in [4.69, 9.17) is 4.74 Å². The fourth-order valence-corrected chi connectivity index (χ4v) is 2.90. The van der Waals surface area contributed by atoms with Gasteiger partial charge in [0.2, 0.25) is 5.91 Å². The number of Topliss-reactive ketones (excluding diaryl/α,β-unsaturated/α-hetero) is 1. The van der Waals surface area contributed by atoms with Crippen molar-refractivity contribution in [3.8, 4) is 0 Å². The number of amides is 1. The highest BCUT2D eigenvalue weighted by atomic mass is 16.5. The van der Waals surface area contributed by atoms with Gasteiger partial charge >= 0.3 is 5.97 Å². The maximum atomic E-state index is 12.1. The summed E-state index contributed by atoms with van der Waals surface area (Å²) in [6.45, 7) is 1.54. The molecule has 1 aromatic rings. The standard InChI is InChI=1S/C19H25NO4/c1-2-18(22)20-16-10-8-15(9-11-16)17(21)13-24-19(23)12-14-6-4-3-5-7-14/h8-11,14H,2-7,12-13H2,1H3,(H,20,22). The average molecular weight is 331 g/mol. The summed E-state index contributed by atoms with van der Waals surface area (Å²) in [5.74, 6) is -0.198. The van der Waals surface area contributed by atoms with Gasteiger partial charge in [0.05, 0.1) is 0 Å². The number of hydrogen-bond acceptors (Lipinski definition) is 4. The highest BCUT2D eigenvalue weighted by molar-refractivity contribution is 5.98. The molecule has 1 aliphatic rings. The van der Waals surface area contributed by atoms with Crippen LogP contribution in [0.5, 0.6) is 0 Å². The molecule has 0 heterocycles. The summed E-state index contributed by atoms with van der Waals surface area (Å²) >= 11 is 0. The van der Waals surface area contributed by atoms with Crippen molar-refractivity contribution in [1.82, 2.24) is 0 Å². The molecule has 1 saturated carbocycles. The summed E-state index contributed by atoms with van der Waals surface area (Å²) in [6, 6.07) is 6.60. The Morgan fingerprint density at radius 2 is 1.75 bits per heavy atom. The van der Waals surface area contributed by atoms with Crippen LogP contribution in [0.15, 0.2) is 24.3 Å². The van der Waals surface area contributed by atoms with Gasteiger partial charge in [-0.05, 0) is 43.0 Å². The number of benzene rings is 1. The van der Waals surface area contributed by atoms with Gasteiger partial charge < -0.3 is 10.1 Å². The van der Waals surface area contributed by atoms with Crippen LogP contribution in [0.1, 0.15) is 62.2 Å². The van der Waals surface area contributed by atoms with E-state index in [2.05, 4.69) is 5.32 Å². The van der Waals surface area contributed by atoms with E-state index in [1.54, 1.807) is 31.2 Å². The van der Waals surface area contributed by atoms with E-state index < -0.39 is 0 Å². The van der Waals surface area contributed by atoms with Gasteiger partial charge in [0.25, 0.3) is 0 Å². The van der Waals surface area contributed by atoms with Gasteiger partial charge in [0.15, 0.2) is 12.4 Å². The lowest BCUT2D eigenvalue weighted by Gasteiger charge is -2.20. The van der Waals surface area contributed by atoms with Gasteiger partial charge in [0, 0.05) is 24.1 Å². The molecule has 0 saturated heterocycles. The zero-order chi connectivity index (χ0) is 17.4. The zero-order valence-electron chi connectivity index (χ0n) is 14.2. The van der Waals surface area contributed by atoms with E-state index >= 15 is 0 Å². The van der Waals surface area contributed by atoms with Crippen LogP contribution in [0, 0.1) is 5.92 Å². The Morgan fingerprint density at radius 3 is 2.38 bits per heavy atom. The Bertz CT molecular complexity index is 574. The first-order valence-corrected chi connectivity index (χ1v) is 8.67. The van der Waals surface area contributed by atoms with Gasteiger partial charge in [-0.25, -0.2) is 0 Å². The molecule has 0 radical (unpaired) electrons. The molecule has 1 amide bonds. The molecule has 1 aromatic carbocycles. The highest BCUT2D eigenvalue weighted by Crippen LogP contribution is 2.26. The fraction of sp³-hybridized carbons (Fsp3) is 0.526. The van der Waals surface area contributed by atoms with Crippen molar-refractivity contribution in [2.24, 2.45) is 5.92 Å². The highest BCUT2D eigenvalue weighted by Gasteiger charge is 2.18. The average Bonchev–Trinajstić information content (AvgIpc) is 2.61. The third-order valence-electron chi connectivity index (χ3n) is 4.36. The molecule has 0 bridgehead atoms. The Balaban J connectivity index is 1.77. The van der Waals surface area contributed by atoms with Crippen LogP contribution in [0.25, 0.3) is 0 Å². The lowest BCUT2D eigenvalue weighted by atomic mass is 9.87. The number of carbonyl (C=O) groups is 3. The summed E-state index contributed by atoms with van der Waals surface area (Å²) in [6.07, 6.45) is 6.57. The van der Waals surface area contributed by atoms with Crippen LogP contribution < -0.4 is 5.32 Å². The van der Waals surface area contributed by atoms with E-state index in [0.717, 1.165) is 12.8 Å². The molecular formula is C19H25NO4. The van der Waals surface area contributed by atoms with Crippen LogP contribution in [-0.2, 0) is 14.3 Å². The minimum atomic E-state index is -0.290. The summed E-state index contributed by atoms with van der Waals surface area (Å²) in [4.78, 5) is 35.2. The minimum Gasteiger partial charge on any atom is -0.457 e. The summed E-state index contributed by atoms with van der Waals surface area (Å²) in [5.41, 5.74) is 1.11. The van der Waals surface area contributed by atoms with Crippen LogP contribution in [0.4, 0.5) is 5.69 Å². The molecule has 0 atom stereocenters. The molecular weight excluding hydrogens is 306 g/mol. The van der Waals surface area contributed by atoms with Crippen LogP contribution in [0.2, 0.25) is 0 Å². The molecule has 0 aliphatic heterocycles. The molecule has 0 unspecified atom stereocenters. The number of ketones is 1. The number of carbonyl (C=O) groups excluding carboxylic acids is 3. The van der Waals surface area contributed by atoms with Gasteiger partial charge in [-0.3, -0.25) is 14.4 Å². The fourth-order valence-electron chi connectivity index (χ4n) is 2.90.